The second kappa shape index (κ2) is 26.4. The number of hydrogen-bond donors (Lipinski definition) is 4. The van der Waals surface area contributed by atoms with Crippen molar-refractivity contribution in [3.05, 3.63) is 130 Å². The van der Waals surface area contributed by atoms with Gasteiger partial charge in [0.1, 0.15) is 16.9 Å². The van der Waals surface area contributed by atoms with Gasteiger partial charge in [0.15, 0.2) is 23.3 Å². The van der Waals surface area contributed by atoms with E-state index in [0.717, 1.165) is 104 Å². The molecule has 24 heteroatoms. The average molecular weight is 1400 g/mol. The lowest BCUT2D eigenvalue weighted by Crippen LogP contribution is -2.64. The number of anilines is 6. The topological polar surface area (TPSA) is 191 Å². The zero-order chi connectivity index (χ0) is 71.5. The number of nitrogens with zero attached hydrogens (tertiary/aromatic N) is 10. The molecule has 0 radical (unpaired) electrons. The van der Waals surface area contributed by atoms with Gasteiger partial charge in [-0.3, -0.25) is 29.0 Å². The van der Waals surface area contributed by atoms with Crippen LogP contribution in [-0.4, -0.2) is 131 Å². The number of nitrogens with one attached hydrogen (secondary N) is 4. The van der Waals surface area contributed by atoms with E-state index in [0.29, 0.717) is 57.0 Å². The van der Waals surface area contributed by atoms with E-state index in [4.69, 9.17) is 26.6 Å². The van der Waals surface area contributed by atoms with Gasteiger partial charge in [-0.05, 0) is 219 Å². The van der Waals surface area contributed by atoms with Crippen LogP contribution < -0.4 is 31.1 Å². The Morgan fingerprint density at radius 3 is 1.57 bits per heavy atom. The van der Waals surface area contributed by atoms with Gasteiger partial charge in [0.25, 0.3) is 18.2 Å². The summed E-state index contributed by atoms with van der Waals surface area (Å²) in [4.78, 5) is 82.2. The number of aryl methyl sites for hydroxylation is 1. The molecule has 8 aromatic rings. The molecule has 0 bridgehead atoms. The monoisotopic (exact) mass is 1400 g/mol. The summed E-state index contributed by atoms with van der Waals surface area (Å²) in [6.07, 6.45) is 13.4. The molecule has 0 atom stereocenters. The van der Waals surface area contributed by atoms with Gasteiger partial charge < -0.3 is 40.2 Å². The molecular weight excluding hydrogens is 1320 g/mol. The first-order valence-corrected chi connectivity index (χ1v) is 36.1. The van der Waals surface area contributed by atoms with E-state index in [9.17, 15) is 28.0 Å². The smallest absolute Gasteiger partial charge is 0.255 e. The van der Waals surface area contributed by atoms with Crippen LogP contribution in [0.25, 0.3) is 44.6 Å². The number of carbonyl (C=O) groups excluding carboxylic acids is 4. The lowest BCUT2D eigenvalue weighted by molar-refractivity contribution is -0.124. The highest BCUT2D eigenvalue weighted by atomic mass is 35.5. The van der Waals surface area contributed by atoms with Crippen molar-refractivity contribution in [2.24, 2.45) is 0 Å². The largest absolute Gasteiger partial charge is 0.352 e. The van der Waals surface area contributed by atoms with E-state index in [1.165, 1.54) is 44.6 Å². The van der Waals surface area contributed by atoms with E-state index in [-0.39, 0.29) is 64.5 Å². The molecule has 4 N–H and O–H groups in total. The normalized spacial score (nSPS) is 22.2. The lowest BCUT2D eigenvalue weighted by atomic mass is 9.71. The quantitative estimate of drug-likeness (QED) is 0.0499. The predicted molar refractivity (Wildman–Crippen MR) is 385 cm³/mol. The van der Waals surface area contributed by atoms with E-state index in [1.54, 1.807) is 25.6 Å². The maximum atomic E-state index is 15.5. The molecule has 4 aromatic heterocycles. The molecular formula is C77H88ClF5N14O4. The molecule has 4 aliphatic heterocycles. The Balaban J connectivity index is 0.000000172. The van der Waals surface area contributed by atoms with Crippen molar-refractivity contribution >= 4 is 91.7 Å². The van der Waals surface area contributed by atoms with Crippen molar-refractivity contribution in [3.8, 4) is 22.5 Å². The minimum atomic E-state index is -2.85. The number of halogens is 6. The first-order chi connectivity index (χ1) is 48.1. The van der Waals surface area contributed by atoms with Crippen LogP contribution in [0.5, 0.6) is 0 Å². The molecule has 2 saturated heterocycles. The molecule has 4 amide bonds. The lowest BCUT2D eigenvalue weighted by Gasteiger charge is -2.55. The highest BCUT2D eigenvalue weighted by Gasteiger charge is 2.63. The van der Waals surface area contributed by atoms with Crippen molar-refractivity contribution in [1.82, 2.24) is 49.5 Å². The fourth-order valence-corrected chi connectivity index (χ4v) is 16.9. The second-order valence-corrected chi connectivity index (χ2v) is 30.8. The third-order valence-electron chi connectivity index (χ3n) is 22.5. The van der Waals surface area contributed by atoms with Crippen LogP contribution in [0.1, 0.15) is 189 Å². The Morgan fingerprint density at radius 1 is 0.604 bits per heavy atom. The molecule has 0 unspecified atom stereocenters. The Morgan fingerprint density at radius 2 is 1.08 bits per heavy atom. The minimum absolute atomic E-state index is 0.0741. The van der Waals surface area contributed by atoms with E-state index >= 15 is 13.2 Å². The van der Waals surface area contributed by atoms with E-state index in [1.807, 2.05) is 90.4 Å². The number of rotatable bonds is 17. The number of amides is 4. The molecule has 5 fully saturated rings. The summed E-state index contributed by atoms with van der Waals surface area (Å²) in [5.74, 6) is -3.83. The molecule has 7 aliphatic rings. The zero-order valence-corrected chi connectivity index (χ0v) is 59.7. The van der Waals surface area contributed by atoms with Gasteiger partial charge >= 0.3 is 0 Å². The Labute approximate surface area is 590 Å². The molecule has 15 rings (SSSR count). The van der Waals surface area contributed by atoms with Gasteiger partial charge in [-0.2, -0.15) is 0 Å². The summed E-state index contributed by atoms with van der Waals surface area (Å²) in [6, 6.07) is 20.0. The molecule has 3 aliphatic carbocycles. The summed E-state index contributed by atoms with van der Waals surface area (Å²) >= 11 is 5.97. The van der Waals surface area contributed by atoms with Crippen LogP contribution >= 0.6 is 11.6 Å². The number of carbonyl (C=O) groups is 4. The van der Waals surface area contributed by atoms with Crippen LogP contribution in [0.4, 0.5) is 56.3 Å². The van der Waals surface area contributed by atoms with Crippen molar-refractivity contribution in [2.45, 2.75) is 199 Å². The fraction of sp³-hybridized carbons (Fsp3) is 0.481. The Kier molecular flexibility index (Phi) is 18.2. The standard InChI is InChI=1S/C39H48FN7O2.C38H40ClF4N7O2/c1-8-41-36(48)27-18-31(29(40)16-24(27)4)44-35-34-32(42-22-46(34)23(2)3)19-30(43-35)25-12-13-28-33(17-25)47(37(49)38(28,5)6)26-20-39(7,21-26)45-14-10-9-11-15-45;1-20(2)49-19-45-27-15-25(46-34(33(27)49)47-26-14-23(30(39)32(43)31(26)42)35(51)44-18-29(40)41)21-7-8-24-28(13-21)50(36(52)38(24)9-10-38)22-16-37(3,17-22)48-11-5-4-6-12-48/h12-13,16-19,22-23,26H,8-11,14-15,20-21H2,1-7H3,(H,41,48)(H,43,44);7-8,13-15,19-20,22,29H,4-6,9-12,16-18H2,1-3H3,(H,44,51)(H,46,47). The molecule has 8 heterocycles. The van der Waals surface area contributed by atoms with Crippen LogP contribution in [0.2, 0.25) is 5.02 Å². The minimum Gasteiger partial charge on any atom is -0.352 e. The maximum Gasteiger partial charge on any atom is 0.255 e. The molecule has 1 spiro atoms. The van der Waals surface area contributed by atoms with E-state index in [2.05, 4.69) is 75.5 Å². The summed E-state index contributed by atoms with van der Waals surface area (Å²) in [6.45, 7) is 24.2. The van der Waals surface area contributed by atoms with Crippen LogP contribution in [-0.2, 0) is 20.4 Å². The SMILES string of the molecule is CC(C)n1cnc2cc(-c3ccc4c(c3)N(C3CC(C)(N5CCCCC5)C3)C(=O)C43CC3)nc(Nc3cc(C(=O)NCC(F)F)c(Cl)c(F)c3F)c21.CCNC(=O)c1cc(Nc2nc(-c3ccc4c(c3)N(C3CC(C)(N5CCCCC5)C3)C(=O)C4(C)C)cc3ncn(C(C)C)c23)c(F)cc1C. The van der Waals surface area contributed by atoms with Crippen molar-refractivity contribution in [1.29, 1.82) is 0 Å². The third-order valence-corrected chi connectivity index (χ3v) is 22.9. The highest BCUT2D eigenvalue weighted by Crippen LogP contribution is 2.60. The second-order valence-electron chi connectivity index (χ2n) is 30.4. The molecule has 18 nitrogen and oxygen atoms in total. The number of aromatic nitrogens is 6. The number of imidazole rings is 2. The number of benzene rings is 4. The fourth-order valence-electron chi connectivity index (χ4n) is 16.7. The summed E-state index contributed by atoms with van der Waals surface area (Å²) in [5.41, 5.74) is 8.29. The number of likely N-dealkylation sites (tertiary alicyclic amines) is 2. The number of pyridine rings is 2. The van der Waals surface area contributed by atoms with Crippen LogP contribution in [0.15, 0.2) is 79.4 Å². The number of fused-ring (bicyclic) bond motifs is 5. The first-order valence-electron chi connectivity index (χ1n) is 35.7. The summed E-state index contributed by atoms with van der Waals surface area (Å²) in [7, 11) is 0. The van der Waals surface area contributed by atoms with E-state index < -0.39 is 63.4 Å². The number of piperidine rings is 2. The Hall–Kier alpha value is -8.54. The zero-order valence-electron chi connectivity index (χ0n) is 59.0. The van der Waals surface area contributed by atoms with Gasteiger partial charge in [0.2, 0.25) is 11.8 Å². The summed E-state index contributed by atoms with van der Waals surface area (Å²) in [5, 5.41) is 10.1. The van der Waals surface area contributed by atoms with Gasteiger partial charge in [0, 0.05) is 69.9 Å². The van der Waals surface area contributed by atoms with Crippen molar-refractivity contribution in [3.63, 3.8) is 0 Å². The number of alkyl halides is 2. The van der Waals surface area contributed by atoms with Crippen molar-refractivity contribution in [2.75, 3.05) is 59.7 Å². The average Bonchev–Trinajstić information content (AvgIpc) is 1.54. The van der Waals surface area contributed by atoms with Crippen LogP contribution in [0.3, 0.4) is 0 Å². The van der Waals surface area contributed by atoms with Gasteiger partial charge in [-0.1, -0.05) is 48.7 Å². The van der Waals surface area contributed by atoms with Gasteiger partial charge in [-0.15, -0.1) is 0 Å². The number of hydrogen-bond acceptors (Lipinski definition) is 12. The van der Waals surface area contributed by atoms with Crippen LogP contribution in [0, 0.1) is 24.4 Å². The third kappa shape index (κ3) is 12.2. The first kappa shape index (κ1) is 69.5. The molecule has 532 valence electrons. The molecule has 3 saturated carbocycles. The molecule has 101 heavy (non-hydrogen) atoms. The van der Waals surface area contributed by atoms with Crippen molar-refractivity contribution < 1.29 is 41.1 Å². The van der Waals surface area contributed by atoms with Gasteiger partial charge in [0.05, 0.1) is 74.4 Å². The van der Waals surface area contributed by atoms with Gasteiger partial charge in [-0.25, -0.2) is 41.9 Å². The Bertz CT molecular complexity index is 4640. The highest BCUT2D eigenvalue weighted by molar-refractivity contribution is 6.34. The predicted octanol–water partition coefficient (Wildman–Crippen LogP) is 15.8. The summed E-state index contributed by atoms with van der Waals surface area (Å²) < 4.78 is 75.5. The molecule has 4 aromatic carbocycles. The maximum absolute atomic E-state index is 15.5.